The van der Waals surface area contributed by atoms with Gasteiger partial charge >= 0.3 is 0 Å². The lowest BCUT2D eigenvalue weighted by Crippen LogP contribution is -2.33. The first-order valence-electron chi connectivity index (χ1n) is 9.21. The van der Waals surface area contributed by atoms with Crippen LogP contribution in [-0.2, 0) is 4.79 Å². The number of amides is 2. The summed E-state index contributed by atoms with van der Waals surface area (Å²) in [6, 6.07) is 17.4. The van der Waals surface area contributed by atoms with Crippen LogP contribution in [0.4, 0.5) is 11.4 Å². The van der Waals surface area contributed by atoms with Gasteiger partial charge in [-0.05, 0) is 60.7 Å². The Balaban J connectivity index is 1.57. The highest BCUT2D eigenvalue weighted by atomic mass is 35.5. The lowest BCUT2D eigenvalue weighted by atomic mass is 10.2. The Morgan fingerprint density at radius 2 is 1.63 bits per heavy atom. The van der Waals surface area contributed by atoms with Gasteiger partial charge in [0.1, 0.15) is 5.76 Å². The van der Waals surface area contributed by atoms with Gasteiger partial charge in [0.15, 0.2) is 10.9 Å². The van der Waals surface area contributed by atoms with Gasteiger partial charge in [-0.2, -0.15) is 0 Å². The molecule has 1 heterocycles. The number of furan rings is 1. The summed E-state index contributed by atoms with van der Waals surface area (Å²) < 4.78 is 5.61. The Bertz CT molecular complexity index is 1080. The van der Waals surface area contributed by atoms with Gasteiger partial charge in [-0.3, -0.25) is 14.9 Å². The fourth-order valence-electron chi connectivity index (χ4n) is 2.51. The van der Waals surface area contributed by atoms with E-state index in [2.05, 4.69) is 16.0 Å². The molecule has 3 rings (SSSR count). The van der Waals surface area contributed by atoms with Crippen LogP contribution in [0.2, 0.25) is 5.02 Å². The predicted octanol–water partition coefficient (Wildman–Crippen LogP) is 5.32. The van der Waals surface area contributed by atoms with Crippen molar-refractivity contribution in [1.82, 2.24) is 5.32 Å². The zero-order chi connectivity index (χ0) is 21.7. The van der Waals surface area contributed by atoms with Crippen molar-refractivity contribution in [3.05, 3.63) is 71.4 Å². The van der Waals surface area contributed by atoms with Crippen LogP contribution in [-0.4, -0.2) is 16.9 Å². The molecule has 1 aromatic heterocycles. The number of nitrogens with one attached hydrogen (secondary N) is 3. The van der Waals surface area contributed by atoms with Gasteiger partial charge in [0, 0.05) is 27.9 Å². The second-order valence-electron chi connectivity index (χ2n) is 6.80. The molecule has 0 saturated carbocycles. The van der Waals surface area contributed by atoms with Crippen LogP contribution in [0, 0.1) is 5.92 Å². The molecule has 0 radical (unpaired) electrons. The molecule has 0 bridgehead atoms. The molecule has 3 N–H and O–H groups in total. The molecule has 8 heteroatoms. The standard InChI is InChI=1S/C22H20ClN3O3S/c1-13(2)20(27)24-16-6-8-17(9-7-16)25-22(30)26-21(28)19-11-10-18(29-19)14-4-3-5-15(23)12-14/h3-13H,1-2H3,(H,24,27)(H2,25,26,28,30). The summed E-state index contributed by atoms with van der Waals surface area (Å²) in [5.41, 5.74) is 2.12. The Morgan fingerprint density at radius 1 is 0.967 bits per heavy atom. The Labute approximate surface area is 184 Å². The molecule has 30 heavy (non-hydrogen) atoms. The third-order valence-corrected chi connectivity index (χ3v) is 4.54. The molecule has 154 valence electrons. The van der Waals surface area contributed by atoms with Crippen LogP contribution in [0.15, 0.2) is 65.1 Å². The Morgan fingerprint density at radius 3 is 2.27 bits per heavy atom. The summed E-state index contributed by atoms with van der Waals surface area (Å²) in [6.45, 7) is 3.65. The van der Waals surface area contributed by atoms with Gasteiger partial charge in [0.05, 0.1) is 0 Å². The molecule has 0 atom stereocenters. The molecule has 0 aliphatic rings. The third-order valence-electron chi connectivity index (χ3n) is 4.10. The number of hydrogen-bond acceptors (Lipinski definition) is 4. The molecule has 0 aliphatic heterocycles. The molecule has 3 aromatic rings. The molecule has 0 unspecified atom stereocenters. The minimum absolute atomic E-state index is 0.0610. The summed E-state index contributed by atoms with van der Waals surface area (Å²) in [5, 5.41) is 9.00. The van der Waals surface area contributed by atoms with Crippen molar-refractivity contribution in [3.63, 3.8) is 0 Å². The second kappa shape index (κ2) is 9.56. The van der Waals surface area contributed by atoms with E-state index < -0.39 is 5.91 Å². The quantitative estimate of drug-likeness (QED) is 0.466. The van der Waals surface area contributed by atoms with Crippen molar-refractivity contribution >= 4 is 52.1 Å². The molecule has 0 spiro atoms. The smallest absolute Gasteiger partial charge is 0.293 e. The Kier molecular flexibility index (Phi) is 6.87. The molecule has 2 aromatic carbocycles. The summed E-state index contributed by atoms with van der Waals surface area (Å²) in [4.78, 5) is 24.1. The first-order valence-corrected chi connectivity index (χ1v) is 9.99. The fourth-order valence-corrected chi connectivity index (χ4v) is 2.91. The van der Waals surface area contributed by atoms with Crippen molar-refractivity contribution in [3.8, 4) is 11.3 Å². The number of carbonyl (C=O) groups is 2. The van der Waals surface area contributed by atoms with Crippen molar-refractivity contribution in [1.29, 1.82) is 0 Å². The highest BCUT2D eigenvalue weighted by Gasteiger charge is 2.14. The molecular formula is C22H20ClN3O3S. The zero-order valence-corrected chi connectivity index (χ0v) is 17.9. The first kappa shape index (κ1) is 21.5. The van der Waals surface area contributed by atoms with Crippen LogP contribution in [0.1, 0.15) is 24.4 Å². The minimum Gasteiger partial charge on any atom is -0.451 e. The number of carbonyl (C=O) groups excluding carboxylic acids is 2. The van der Waals surface area contributed by atoms with Gasteiger partial charge in [0.2, 0.25) is 5.91 Å². The van der Waals surface area contributed by atoms with Crippen LogP contribution in [0.25, 0.3) is 11.3 Å². The second-order valence-corrected chi connectivity index (χ2v) is 7.65. The summed E-state index contributed by atoms with van der Waals surface area (Å²) in [7, 11) is 0. The van der Waals surface area contributed by atoms with E-state index in [1.54, 1.807) is 54.6 Å². The Hall–Kier alpha value is -3.16. The summed E-state index contributed by atoms with van der Waals surface area (Å²) in [5.74, 6) is 0.0173. The van der Waals surface area contributed by atoms with Crippen LogP contribution in [0.5, 0.6) is 0 Å². The van der Waals surface area contributed by atoms with Crippen molar-refractivity contribution in [2.45, 2.75) is 13.8 Å². The van der Waals surface area contributed by atoms with Crippen molar-refractivity contribution in [2.75, 3.05) is 10.6 Å². The van der Waals surface area contributed by atoms with E-state index in [0.29, 0.717) is 22.2 Å². The number of halogens is 1. The average molecular weight is 442 g/mol. The van der Waals surface area contributed by atoms with Crippen LogP contribution >= 0.6 is 23.8 Å². The number of hydrogen-bond donors (Lipinski definition) is 3. The monoisotopic (exact) mass is 441 g/mol. The lowest BCUT2D eigenvalue weighted by molar-refractivity contribution is -0.118. The SMILES string of the molecule is CC(C)C(=O)Nc1ccc(NC(=S)NC(=O)c2ccc(-c3cccc(Cl)c3)o2)cc1. The van der Waals surface area contributed by atoms with Crippen molar-refractivity contribution in [2.24, 2.45) is 5.92 Å². The molecule has 0 aliphatic carbocycles. The van der Waals surface area contributed by atoms with Crippen molar-refractivity contribution < 1.29 is 14.0 Å². The van der Waals surface area contributed by atoms with E-state index in [1.807, 2.05) is 19.9 Å². The molecule has 0 fully saturated rings. The van der Waals surface area contributed by atoms with Crippen LogP contribution < -0.4 is 16.0 Å². The van der Waals surface area contributed by atoms with Gasteiger partial charge in [-0.1, -0.05) is 37.6 Å². The topological polar surface area (TPSA) is 83.4 Å². The first-order chi connectivity index (χ1) is 14.3. The minimum atomic E-state index is -0.471. The number of rotatable bonds is 5. The van der Waals surface area contributed by atoms with Gasteiger partial charge < -0.3 is 15.1 Å². The molecule has 6 nitrogen and oxygen atoms in total. The summed E-state index contributed by atoms with van der Waals surface area (Å²) in [6.07, 6.45) is 0. The molecular weight excluding hydrogens is 422 g/mol. The number of benzene rings is 2. The van der Waals surface area contributed by atoms with Crippen LogP contribution in [0.3, 0.4) is 0 Å². The maximum atomic E-state index is 12.4. The third kappa shape index (κ3) is 5.68. The van der Waals surface area contributed by atoms with E-state index in [1.165, 1.54) is 0 Å². The van der Waals surface area contributed by atoms with E-state index in [-0.39, 0.29) is 22.7 Å². The number of thiocarbonyl (C=S) groups is 1. The van der Waals surface area contributed by atoms with Gasteiger partial charge in [-0.25, -0.2) is 0 Å². The average Bonchev–Trinajstić information content (AvgIpc) is 3.20. The van der Waals surface area contributed by atoms with E-state index in [4.69, 9.17) is 28.2 Å². The van der Waals surface area contributed by atoms with Gasteiger partial charge in [0.25, 0.3) is 5.91 Å². The maximum Gasteiger partial charge on any atom is 0.293 e. The highest BCUT2D eigenvalue weighted by Crippen LogP contribution is 2.24. The largest absolute Gasteiger partial charge is 0.451 e. The lowest BCUT2D eigenvalue weighted by Gasteiger charge is -2.11. The van der Waals surface area contributed by atoms with E-state index in [0.717, 1.165) is 5.56 Å². The van der Waals surface area contributed by atoms with Gasteiger partial charge in [-0.15, -0.1) is 0 Å². The number of anilines is 2. The molecule has 0 saturated heterocycles. The predicted molar refractivity (Wildman–Crippen MR) is 123 cm³/mol. The normalized spacial score (nSPS) is 10.5. The summed E-state index contributed by atoms with van der Waals surface area (Å²) >= 11 is 11.2. The van der Waals surface area contributed by atoms with E-state index >= 15 is 0 Å². The zero-order valence-electron chi connectivity index (χ0n) is 16.4. The fraction of sp³-hybridized carbons (Fsp3) is 0.136. The van der Waals surface area contributed by atoms with E-state index in [9.17, 15) is 9.59 Å². The maximum absolute atomic E-state index is 12.4. The molecule has 2 amide bonds. The highest BCUT2D eigenvalue weighted by molar-refractivity contribution is 7.80.